The summed E-state index contributed by atoms with van der Waals surface area (Å²) in [5.74, 6) is 0.808. The molecule has 0 heterocycles. The third-order valence-corrected chi connectivity index (χ3v) is 6.20. The van der Waals surface area contributed by atoms with Crippen LogP contribution in [0, 0.1) is 5.92 Å². The average molecular weight is 471 g/mol. The number of allylic oxidation sites excluding steroid dienone is 2. The summed E-state index contributed by atoms with van der Waals surface area (Å²) in [6.45, 7) is 17.2. The Balaban J connectivity index is 0. The van der Waals surface area contributed by atoms with Gasteiger partial charge in [0, 0.05) is 24.1 Å². The Bertz CT molecular complexity index is 382. The van der Waals surface area contributed by atoms with Gasteiger partial charge in [-0.25, -0.2) is 0 Å². The van der Waals surface area contributed by atoms with Crippen LogP contribution in [0.3, 0.4) is 0 Å². The van der Waals surface area contributed by atoms with E-state index in [0.29, 0.717) is 5.25 Å². The predicted molar refractivity (Wildman–Crippen MR) is 150 cm³/mol. The lowest BCUT2D eigenvalue weighted by molar-refractivity contribution is 0.133. The lowest BCUT2D eigenvalue weighted by atomic mass is 9.86. The first-order chi connectivity index (χ1) is 15.6. The first kappa shape index (κ1) is 33.7. The van der Waals surface area contributed by atoms with Crippen molar-refractivity contribution in [2.75, 3.05) is 33.4 Å². The lowest BCUT2D eigenvalue weighted by Crippen LogP contribution is -2.22. The molecule has 0 spiro atoms. The molecule has 0 amide bonds. The van der Waals surface area contributed by atoms with Crippen LogP contribution in [0.4, 0.5) is 0 Å². The van der Waals surface area contributed by atoms with Crippen molar-refractivity contribution < 1.29 is 4.74 Å². The van der Waals surface area contributed by atoms with E-state index >= 15 is 0 Å². The molecular weight excluding hydrogens is 412 g/mol. The molecule has 32 heavy (non-hydrogen) atoms. The molecule has 0 unspecified atom stereocenters. The number of hydrogen-bond acceptors (Lipinski definition) is 4. The fraction of sp³-hybridized carbons (Fsp3) is 0.857. The van der Waals surface area contributed by atoms with Crippen LogP contribution >= 0.6 is 12.6 Å². The number of nitrogens with one attached hydrogen (secondary N) is 2. The first-order valence-corrected chi connectivity index (χ1v) is 14.0. The van der Waals surface area contributed by atoms with E-state index in [1.165, 1.54) is 95.7 Å². The van der Waals surface area contributed by atoms with E-state index in [9.17, 15) is 0 Å². The summed E-state index contributed by atoms with van der Waals surface area (Å²) in [4.78, 5) is 0. The Morgan fingerprint density at radius 2 is 1.38 bits per heavy atom. The highest BCUT2D eigenvalue weighted by molar-refractivity contribution is 7.80. The van der Waals surface area contributed by atoms with Crippen molar-refractivity contribution in [1.29, 1.82) is 0 Å². The van der Waals surface area contributed by atoms with Gasteiger partial charge in [0.1, 0.15) is 0 Å². The maximum atomic E-state index is 5.75. The van der Waals surface area contributed by atoms with Crippen LogP contribution < -0.4 is 10.6 Å². The number of unbranched alkanes of at least 4 members (excludes halogenated alkanes) is 8. The van der Waals surface area contributed by atoms with Crippen LogP contribution in [0.15, 0.2) is 24.9 Å². The van der Waals surface area contributed by atoms with Crippen molar-refractivity contribution in [2.24, 2.45) is 5.92 Å². The highest BCUT2D eigenvalue weighted by Crippen LogP contribution is 2.30. The maximum Gasteiger partial charge on any atom is 0.0638 e. The van der Waals surface area contributed by atoms with E-state index in [1.807, 2.05) is 27.8 Å². The average Bonchev–Trinajstić information content (AvgIpc) is 2.80. The Morgan fingerprint density at radius 1 is 0.875 bits per heavy atom. The third-order valence-electron chi connectivity index (χ3n) is 5.69. The number of ether oxygens (including phenoxy) is 1. The van der Waals surface area contributed by atoms with E-state index in [-0.39, 0.29) is 0 Å². The topological polar surface area (TPSA) is 33.3 Å². The van der Waals surface area contributed by atoms with Gasteiger partial charge in [-0.15, -0.1) is 6.58 Å². The molecule has 1 aliphatic rings. The molecule has 3 nitrogen and oxygen atoms in total. The van der Waals surface area contributed by atoms with Crippen molar-refractivity contribution >= 4 is 12.6 Å². The molecule has 0 bridgehead atoms. The van der Waals surface area contributed by atoms with E-state index < -0.39 is 0 Å². The van der Waals surface area contributed by atoms with E-state index in [1.54, 1.807) is 6.08 Å². The number of thiol groups is 1. The quantitative estimate of drug-likeness (QED) is 0.108. The van der Waals surface area contributed by atoms with Gasteiger partial charge < -0.3 is 15.4 Å². The molecule has 0 aromatic rings. The summed E-state index contributed by atoms with van der Waals surface area (Å²) in [6.07, 6.45) is 20.2. The summed E-state index contributed by atoms with van der Waals surface area (Å²) < 4.78 is 5.75. The van der Waals surface area contributed by atoms with Gasteiger partial charge in [0.15, 0.2) is 0 Å². The van der Waals surface area contributed by atoms with Crippen LogP contribution in [0.25, 0.3) is 0 Å². The van der Waals surface area contributed by atoms with Gasteiger partial charge in [-0.1, -0.05) is 71.4 Å². The number of rotatable bonds is 18. The molecule has 1 saturated carbocycles. The monoisotopic (exact) mass is 470 g/mol. The first-order valence-electron chi connectivity index (χ1n) is 13.5. The number of hydrogen-bond donors (Lipinski definition) is 3. The minimum atomic E-state index is 0.629. The van der Waals surface area contributed by atoms with Crippen molar-refractivity contribution in [2.45, 2.75) is 116 Å². The smallest absolute Gasteiger partial charge is 0.0638 e. The fourth-order valence-corrected chi connectivity index (χ4v) is 4.21. The molecule has 0 aliphatic heterocycles. The standard InChI is InChI=1S/C23H46N2OS.C3H6.C2H6/c1-21(20-22-12-14-23(27)15-13-22)25-17-19-26-18-11-9-7-5-3-4-6-8-10-16-24-2;1-3-2;1-2/h22-25,27H,1,3-20H2,2H3;3H,1H2,2H3;1-2H3. The van der Waals surface area contributed by atoms with E-state index in [4.69, 9.17) is 4.74 Å². The van der Waals surface area contributed by atoms with Gasteiger partial charge in [0.2, 0.25) is 0 Å². The van der Waals surface area contributed by atoms with Gasteiger partial charge in [-0.05, 0) is 71.4 Å². The Morgan fingerprint density at radius 3 is 1.91 bits per heavy atom. The molecule has 4 heteroatoms. The van der Waals surface area contributed by atoms with Crippen LogP contribution in [0.1, 0.15) is 111 Å². The summed E-state index contributed by atoms with van der Waals surface area (Å²) in [5, 5.41) is 7.28. The van der Waals surface area contributed by atoms with Crippen molar-refractivity contribution in [3.05, 3.63) is 24.9 Å². The van der Waals surface area contributed by atoms with Crippen molar-refractivity contribution in [3.63, 3.8) is 0 Å². The van der Waals surface area contributed by atoms with Gasteiger partial charge in [0.25, 0.3) is 0 Å². The van der Waals surface area contributed by atoms with Crippen molar-refractivity contribution in [3.8, 4) is 0 Å². The molecule has 1 rings (SSSR count). The molecule has 0 atom stereocenters. The van der Waals surface area contributed by atoms with Crippen LogP contribution in [0.2, 0.25) is 0 Å². The second-order valence-corrected chi connectivity index (χ2v) is 9.45. The summed E-state index contributed by atoms with van der Waals surface area (Å²) in [6, 6.07) is 0. The zero-order valence-electron chi connectivity index (χ0n) is 22.2. The van der Waals surface area contributed by atoms with Gasteiger partial charge in [0.05, 0.1) is 6.61 Å². The highest BCUT2D eigenvalue weighted by atomic mass is 32.1. The third kappa shape index (κ3) is 25.8. The Kier molecular flexibility index (Phi) is 30.1. The summed E-state index contributed by atoms with van der Waals surface area (Å²) >= 11 is 4.58. The molecule has 192 valence electrons. The fourth-order valence-electron chi connectivity index (χ4n) is 3.91. The van der Waals surface area contributed by atoms with Gasteiger partial charge >= 0.3 is 0 Å². The van der Waals surface area contributed by atoms with Crippen LogP contribution in [0.5, 0.6) is 0 Å². The summed E-state index contributed by atoms with van der Waals surface area (Å²) in [7, 11) is 2.04. The molecule has 1 fully saturated rings. The molecule has 1 aliphatic carbocycles. The zero-order valence-corrected chi connectivity index (χ0v) is 23.1. The Hall–Kier alpha value is -0.450. The zero-order chi connectivity index (χ0) is 24.3. The SMILES string of the molecule is C=C(CC1CCC(S)CC1)NCCOCCCCCCCCCCCNC.C=CC.CC. The minimum Gasteiger partial charge on any atom is -0.386 e. The Labute approximate surface area is 208 Å². The molecule has 2 N–H and O–H groups in total. The van der Waals surface area contributed by atoms with Crippen LogP contribution in [-0.2, 0) is 4.74 Å². The molecule has 0 aromatic heterocycles. The highest BCUT2D eigenvalue weighted by Gasteiger charge is 2.19. The van der Waals surface area contributed by atoms with Crippen molar-refractivity contribution in [1.82, 2.24) is 10.6 Å². The predicted octanol–water partition coefficient (Wildman–Crippen LogP) is 7.93. The molecule has 0 radical (unpaired) electrons. The van der Waals surface area contributed by atoms with Gasteiger partial charge in [-0.3, -0.25) is 0 Å². The second-order valence-electron chi connectivity index (χ2n) is 8.72. The summed E-state index contributed by atoms with van der Waals surface area (Å²) in [5.41, 5.74) is 1.19. The minimum absolute atomic E-state index is 0.629. The van der Waals surface area contributed by atoms with Gasteiger partial charge in [-0.2, -0.15) is 12.6 Å². The normalized spacial score (nSPS) is 17.4. The molecule has 0 aromatic carbocycles. The van der Waals surface area contributed by atoms with E-state index in [0.717, 1.165) is 32.1 Å². The van der Waals surface area contributed by atoms with E-state index in [2.05, 4.69) is 36.4 Å². The van der Waals surface area contributed by atoms with Crippen LogP contribution in [-0.4, -0.2) is 38.6 Å². The maximum absolute atomic E-state index is 5.75. The molecule has 0 saturated heterocycles. The largest absolute Gasteiger partial charge is 0.386 e. The molecular formula is C28H58N2OS. The lowest BCUT2D eigenvalue weighted by Gasteiger charge is -2.26. The second kappa shape index (κ2) is 28.6.